The highest BCUT2D eigenvalue weighted by Crippen LogP contribution is 2.43. The molecule has 2 unspecified atom stereocenters. The summed E-state index contributed by atoms with van der Waals surface area (Å²) < 4.78 is 27.0. The average Bonchev–Trinajstić information content (AvgIpc) is 2.10. The second kappa shape index (κ2) is 3.16. The molecule has 0 bridgehead atoms. The molecule has 2 rings (SSSR count). The maximum Gasteiger partial charge on any atom is 0.275 e. The van der Waals surface area contributed by atoms with Crippen LogP contribution in [0.2, 0.25) is 0 Å². The Morgan fingerprint density at radius 1 is 1.43 bits per heavy atom. The zero-order valence-electron chi connectivity index (χ0n) is 8.13. The van der Waals surface area contributed by atoms with Gasteiger partial charge in [-0.25, -0.2) is 8.78 Å². The summed E-state index contributed by atoms with van der Waals surface area (Å²) in [5, 5.41) is 9.59. The third kappa shape index (κ3) is 1.40. The number of alkyl halides is 2. The van der Waals surface area contributed by atoms with Gasteiger partial charge < -0.3 is 5.11 Å². The van der Waals surface area contributed by atoms with Crippen molar-refractivity contribution < 1.29 is 13.9 Å². The standard InChI is InChI=1S/C11H14F2O/c1-7-4-5-9(14)10-8(7)3-2-6-11(10,12)13/h2-3,7,9,14H,4-6H2,1H3. The Hall–Kier alpha value is -0.700. The smallest absolute Gasteiger partial charge is 0.275 e. The van der Waals surface area contributed by atoms with Crippen molar-refractivity contribution in [2.24, 2.45) is 5.92 Å². The molecule has 78 valence electrons. The molecule has 0 saturated heterocycles. The molecule has 1 nitrogen and oxygen atoms in total. The van der Waals surface area contributed by atoms with Gasteiger partial charge in [-0.2, -0.15) is 0 Å². The van der Waals surface area contributed by atoms with Crippen LogP contribution in [0.25, 0.3) is 0 Å². The second-order valence-electron chi connectivity index (χ2n) is 4.17. The van der Waals surface area contributed by atoms with Gasteiger partial charge in [0, 0.05) is 12.0 Å². The van der Waals surface area contributed by atoms with Gasteiger partial charge in [0.15, 0.2) is 0 Å². The molecule has 0 radical (unpaired) electrons. The lowest BCUT2D eigenvalue weighted by Crippen LogP contribution is -2.35. The van der Waals surface area contributed by atoms with Crippen molar-refractivity contribution in [1.29, 1.82) is 0 Å². The van der Waals surface area contributed by atoms with Crippen LogP contribution in [0.1, 0.15) is 26.2 Å². The minimum absolute atomic E-state index is 0.0289. The van der Waals surface area contributed by atoms with E-state index in [1.54, 1.807) is 6.08 Å². The van der Waals surface area contributed by atoms with Gasteiger partial charge in [0.2, 0.25) is 0 Å². The molecule has 14 heavy (non-hydrogen) atoms. The highest BCUT2D eigenvalue weighted by molar-refractivity contribution is 5.40. The van der Waals surface area contributed by atoms with E-state index in [9.17, 15) is 13.9 Å². The van der Waals surface area contributed by atoms with E-state index in [1.165, 1.54) is 6.08 Å². The van der Waals surface area contributed by atoms with Gasteiger partial charge in [0.1, 0.15) is 0 Å². The van der Waals surface area contributed by atoms with Crippen molar-refractivity contribution in [2.75, 3.05) is 0 Å². The molecule has 0 amide bonds. The zero-order valence-corrected chi connectivity index (χ0v) is 8.13. The molecule has 0 fully saturated rings. The van der Waals surface area contributed by atoms with E-state index in [4.69, 9.17) is 0 Å². The van der Waals surface area contributed by atoms with E-state index >= 15 is 0 Å². The molecule has 0 aliphatic heterocycles. The Balaban J connectivity index is 2.48. The van der Waals surface area contributed by atoms with E-state index in [0.29, 0.717) is 12.0 Å². The Bertz CT molecular complexity index is 304. The molecule has 0 aromatic heterocycles. The van der Waals surface area contributed by atoms with Gasteiger partial charge in [0.05, 0.1) is 6.10 Å². The molecule has 2 aliphatic rings. The highest BCUT2D eigenvalue weighted by atomic mass is 19.3. The molecule has 0 aromatic carbocycles. The minimum atomic E-state index is -2.84. The number of halogens is 2. The molecule has 3 heteroatoms. The maximum absolute atomic E-state index is 13.5. The highest BCUT2D eigenvalue weighted by Gasteiger charge is 2.43. The van der Waals surface area contributed by atoms with Crippen molar-refractivity contribution in [3.63, 3.8) is 0 Å². The lowest BCUT2D eigenvalue weighted by Gasteiger charge is -2.35. The van der Waals surface area contributed by atoms with E-state index in [-0.39, 0.29) is 17.9 Å². The monoisotopic (exact) mass is 200 g/mol. The number of aliphatic hydroxyl groups excluding tert-OH is 1. The molecule has 2 aliphatic carbocycles. The summed E-state index contributed by atoms with van der Waals surface area (Å²) in [5.74, 6) is -2.69. The SMILES string of the molecule is CC1CCC(O)C2=C1C=CCC2(F)F. The molecule has 0 heterocycles. The molecular formula is C11H14F2O. The van der Waals surface area contributed by atoms with Crippen LogP contribution in [0.15, 0.2) is 23.3 Å². The summed E-state index contributed by atoms with van der Waals surface area (Å²) in [6.07, 6.45) is 3.30. The van der Waals surface area contributed by atoms with Gasteiger partial charge in [-0.3, -0.25) is 0 Å². The number of hydrogen-bond donors (Lipinski definition) is 1. The quantitative estimate of drug-likeness (QED) is 0.637. The van der Waals surface area contributed by atoms with Crippen LogP contribution < -0.4 is 0 Å². The van der Waals surface area contributed by atoms with Gasteiger partial charge >= 0.3 is 0 Å². The van der Waals surface area contributed by atoms with Crippen molar-refractivity contribution in [3.8, 4) is 0 Å². The second-order valence-corrected chi connectivity index (χ2v) is 4.17. The third-order valence-corrected chi connectivity index (χ3v) is 3.11. The fourth-order valence-electron chi connectivity index (χ4n) is 2.32. The predicted octanol–water partition coefficient (Wildman–Crippen LogP) is 2.67. The minimum Gasteiger partial charge on any atom is -0.389 e. The van der Waals surface area contributed by atoms with Crippen molar-refractivity contribution in [2.45, 2.75) is 38.2 Å². The predicted molar refractivity (Wildman–Crippen MR) is 50.1 cm³/mol. The summed E-state index contributed by atoms with van der Waals surface area (Å²) in [6, 6.07) is 0. The van der Waals surface area contributed by atoms with Crippen LogP contribution in [0.5, 0.6) is 0 Å². The topological polar surface area (TPSA) is 20.2 Å². The average molecular weight is 200 g/mol. The first-order valence-electron chi connectivity index (χ1n) is 4.99. The third-order valence-electron chi connectivity index (χ3n) is 3.11. The van der Waals surface area contributed by atoms with Crippen molar-refractivity contribution in [1.82, 2.24) is 0 Å². The first kappa shape index (κ1) is 9.84. The summed E-state index contributed by atoms with van der Waals surface area (Å²) in [6.45, 7) is 1.94. The van der Waals surface area contributed by atoms with Crippen LogP contribution in [-0.4, -0.2) is 17.1 Å². The Labute approximate surface area is 82.1 Å². The fourth-order valence-corrected chi connectivity index (χ4v) is 2.32. The summed E-state index contributed by atoms with van der Waals surface area (Å²) in [7, 11) is 0. The van der Waals surface area contributed by atoms with Gasteiger partial charge in [-0.1, -0.05) is 19.1 Å². The summed E-state index contributed by atoms with van der Waals surface area (Å²) >= 11 is 0. The van der Waals surface area contributed by atoms with Crippen LogP contribution >= 0.6 is 0 Å². The zero-order chi connectivity index (χ0) is 10.3. The number of hydrogen-bond acceptors (Lipinski definition) is 1. The van der Waals surface area contributed by atoms with Gasteiger partial charge in [-0.15, -0.1) is 0 Å². The lowest BCUT2D eigenvalue weighted by molar-refractivity contribution is 0.00786. The van der Waals surface area contributed by atoms with Crippen molar-refractivity contribution in [3.05, 3.63) is 23.3 Å². The Kier molecular flexibility index (Phi) is 2.22. The molecule has 1 N–H and O–H groups in total. The normalized spacial score (nSPS) is 35.7. The summed E-state index contributed by atoms with van der Waals surface area (Å²) in [4.78, 5) is 0. The lowest BCUT2D eigenvalue weighted by atomic mass is 9.76. The van der Waals surface area contributed by atoms with E-state index < -0.39 is 12.0 Å². The molecule has 0 spiro atoms. The number of allylic oxidation sites excluding steroid dienone is 3. The number of aliphatic hydroxyl groups is 1. The Morgan fingerprint density at radius 2 is 2.14 bits per heavy atom. The van der Waals surface area contributed by atoms with E-state index in [2.05, 4.69) is 0 Å². The molecule has 0 saturated carbocycles. The van der Waals surface area contributed by atoms with E-state index in [1.807, 2.05) is 6.92 Å². The van der Waals surface area contributed by atoms with Gasteiger partial charge in [0.25, 0.3) is 5.92 Å². The van der Waals surface area contributed by atoms with Crippen LogP contribution in [0.4, 0.5) is 8.78 Å². The maximum atomic E-state index is 13.5. The first-order chi connectivity index (χ1) is 6.52. The number of rotatable bonds is 0. The van der Waals surface area contributed by atoms with Crippen LogP contribution in [-0.2, 0) is 0 Å². The van der Waals surface area contributed by atoms with Crippen LogP contribution in [0, 0.1) is 5.92 Å². The first-order valence-corrected chi connectivity index (χ1v) is 4.99. The van der Waals surface area contributed by atoms with E-state index in [0.717, 1.165) is 6.42 Å². The fraction of sp³-hybridized carbons (Fsp3) is 0.636. The largest absolute Gasteiger partial charge is 0.389 e. The molecular weight excluding hydrogens is 186 g/mol. The molecule has 2 atom stereocenters. The molecule has 0 aromatic rings. The Morgan fingerprint density at radius 3 is 2.79 bits per heavy atom. The van der Waals surface area contributed by atoms with Gasteiger partial charge in [-0.05, 0) is 24.3 Å². The van der Waals surface area contributed by atoms with Crippen LogP contribution in [0.3, 0.4) is 0 Å². The van der Waals surface area contributed by atoms with Crippen molar-refractivity contribution >= 4 is 0 Å². The summed E-state index contributed by atoms with van der Waals surface area (Å²) in [5.41, 5.74) is 0.624.